The van der Waals surface area contributed by atoms with E-state index in [1.807, 2.05) is 30.5 Å². The topological polar surface area (TPSA) is 55.0 Å². The lowest BCUT2D eigenvalue weighted by Gasteiger charge is -2.09. The summed E-state index contributed by atoms with van der Waals surface area (Å²) >= 11 is 0. The summed E-state index contributed by atoms with van der Waals surface area (Å²) in [6.07, 6.45) is 0. The second kappa shape index (κ2) is 6.27. The van der Waals surface area contributed by atoms with Gasteiger partial charge in [0.15, 0.2) is 0 Å². The van der Waals surface area contributed by atoms with Crippen molar-refractivity contribution in [3.63, 3.8) is 0 Å². The third-order valence-electron chi connectivity index (χ3n) is 3.49. The van der Waals surface area contributed by atoms with Crippen LogP contribution in [0.1, 0.15) is 23.9 Å². The molecule has 0 amide bonds. The molecule has 2 rings (SSSR count). The molecule has 0 saturated carbocycles. The average Bonchev–Trinajstić information content (AvgIpc) is 2.76. The van der Waals surface area contributed by atoms with E-state index in [9.17, 15) is 4.79 Å². The molecule has 0 spiro atoms. The van der Waals surface area contributed by atoms with E-state index in [1.54, 1.807) is 19.1 Å². The fourth-order valence-corrected chi connectivity index (χ4v) is 2.40. The van der Waals surface area contributed by atoms with Crippen molar-refractivity contribution in [1.82, 2.24) is 4.57 Å². The first-order valence-corrected chi connectivity index (χ1v) is 6.89. The normalized spacial score (nSPS) is 10.2. The molecule has 1 aromatic heterocycles. The van der Waals surface area contributed by atoms with Gasteiger partial charge < -0.3 is 9.30 Å². The van der Waals surface area contributed by atoms with Crippen molar-refractivity contribution < 1.29 is 9.53 Å². The van der Waals surface area contributed by atoms with E-state index in [4.69, 9.17) is 10.00 Å². The maximum atomic E-state index is 11.7. The zero-order chi connectivity index (χ0) is 15.4. The first kappa shape index (κ1) is 14.9. The van der Waals surface area contributed by atoms with Gasteiger partial charge >= 0.3 is 5.97 Å². The van der Waals surface area contributed by atoms with Gasteiger partial charge in [0.2, 0.25) is 0 Å². The smallest absolute Gasteiger partial charge is 0.325 e. The molecule has 108 valence electrons. The van der Waals surface area contributed by atoms with Gasteiger partial charge in [0, 0.05) is 17.0 Å². The molecule has 2 aromatic rings. The average molecular weight is 282 g/mol. The van der Waals surface area contributed by atoms with E-state index in [0.717, 1.165) is 22.5 Å². The maximum absolute atomic E-state index is 11.7. The van der Waals surface area contributed by atoms with Crippen LogP contribution in [0.25, 0.3) is 11.1 Å². The minimum Gasteiger partial charge on any atom is -0.465 e. The van der Waals surface area contributed by atoms with Crippen LogP contribution in [0, 0.1) is 25.2 Å². The highest BCUT2D eigenvalue weighted by atomic mass is 16.5. The Balaban J connectivity index is 2.33. The zero-order valence-electron chi connectivity index (χ0n) is 12.5. The third kappa shape index (κ3) is 3.14. The highest BCUT2D eigenvalue weighted by Gasteiger charge is 2.13. The van der Waals surface area contributed by atoms with Gasteiger partial charge in [-0.1, -0.05) is 12.1 Å². The Hall–Kier alpha value is -2.54. The van der Waals surface area contributed by atoms with Crippen LogP contribution in [0.4, 0.5) is 0 Å². The molecule has 21 heavy (non-hydrogen) atoms. The number of nitriles is 1. The third-order valence-corrected chi connectivity index (χ3v) is 3.49. The number of nitrogens with zero attached hydrogens (tertiary/aromatic N) is 2. The number of aromatic nitrogens is 1. The molecule has 0 saturated heterocycles. The Bertz CT molecular complexity index is 691. The van der Waals surface area contributed by atoms with Crippen molar-refractivity contribution in [2.75, 3.05) is 6.61 Å². The number of aryl methyl sites for hydroxylation is 1. The number of carbonyl (C=O) groups excluding carboxylic acids is 1. The molecule has 1 heterocycles. The summed E-state index contributed by atoms with van der Waals surface area (Å²) in [4.78, 5) is 11.7. The van der Waals surface area contributed by atoms with E-state index in [-0.39, 0.29) is 12.5 Å². The number of rotatable bonds is 4. The molecule has 0 unspecified atom stereocenters. The molecule has 0 atom stereocenters. The van der Waals surface area contributed by atoms with Crippen molar-refractivity contribution in [1.29, 1.82) is 5.26 Å². The van der Waals surface area contributed by atoms with Gasteiger partial charge in [-0.15, -0.1) is 0 Å². The van der Waals surface area contributed by atoms with E-state index in [2.05, 4.69) is 12.1 Å². The van der Waals surface area contributed by atoms with Crippen LogP contribution in [-0.4, -0.2) is 17.1 Å². The van der Waals surface area contributed by atoms with Crippen molar-refractivity contribution in [2.24, 2.45) is 0 Å². The van der Waals surface area contributed by atoms with Crippen LogP contribution in [0.5, 0.6) is 0 Å². The quantitative estimate of drug-likeness (QED) is 0.809. The number of hydrogen-bond acceptors (Lipinski definition) is 3. The lowest BCUT2D eigenvalue weighted by Crippen LogP contribution is -2.15. The molecule has 0 aliphatic heterocycles. The van der Waals surface area contributed by atoms with Crippen molar-refractivity contribution in [2.45, 2.75) is 27.3 Å². The summed E-state index contributed by atoms with van der Waals surface area (Å²) in [5.41, 5.74) is 4.78. The summed E-state index contributed by atoms with van der Waals surface area (Å²) in [6, 6.07) is 11.6. The summed E-state index contributed by atoms with van der Waals surface area (Å²) < 4.78 is 6.96. The van der Waals surface area contributed by atoms with E-state index < -0.39 is 0 Å². The fraction of sp³-hybridized carbons (Fsp3) is 0.294. The summed E-state index contributed by atoms with van der Waals surface area (Å²) in [5, 5.41) is 8.85. The molecule has 0 fully saturated rings. The minimum atomic E-state index is -0.231. The molecule has 0 aliphatic rings. The maximum Gasteiger partial charge on any atom is 0.325 e. The van der Waals surface area contributed by atoms with Crippen molar-refractivity contribution >= 4 is 5.97 Å². The Morgan fingerprint density at radius 3 is 2.52 bits per heavy atom. The lowest BCUT2D eigenvalue weighted by atomic mass is 10.0. The van der Waals surface area contributed by atoms with Gasteiger partial charge in [0.05, 0.1) is 18.2 Å². The number of hydrogen-bond donors (Lipinski definition) is 0. The van der Waals surface area contributed by atoms with Gasteiger partial charge in [-0.3, -0.25) is 4.79 Å². The van der Waals surface area contributed by atoms with Crippen molar-refractivity contribution in [3.05, 3.63) is 47.3 Å². The molecule has 0 aliphatic carbocycles. The van der Waals surface area contributed by atoms with Crippen LogP contribution in [0.3, 0.4) is 0 Å². The van der Waals surface area contributed by atoms with Gasteiger partial charge in [0.1, 0.15) is 6.54 Å². The predicted octanol–water partition coefficient (Wildman–Crippen LogP) is 3.21. The van der Waals surface area contributed by atoms with Crippen molar-refractivity contribution in [3.8, 4) is 17.2 Å². The number of esters is 1. The minimum absolute atomic E-state index is 0.224. The predicted molar refractivity (Wildman–Crippen MR) is 80.7 cm³/mol. The first-order valence-electron chi connectivity index (χ1n) is 6.89. The Labute approximate surface area is 124 Å². The largest absolute Gasteiger partial charge is 0.465 e. The Morgan fingerprint density at radius 1 is 1.29 bits per heavy atom. The monoisotopic (exact) mass is 282 g/mol. The van der Waals surface area contributed by atoms with Crippen LogP contribution >= 0.6 is 0 Å². The van der Waals surface area contributed by atoms with Crippen LogP contribution in [-0.2, 0) is 16.1 Å². The highest BCUT2D eigenvalue weighted by Crippen LogP contribution is 2.27. The molecule has 0 radical (unpaired) electrons. The molecule has 0 bridgehead atoms. The summed E-state index contributed by atoms with van der Waals surface area (Å²) in [6.45, 7) is 6.37. The number of carbonyl (C=O) groups is 1. The van der Waals surface area contributed by atoms with Crippen LogP contribution in [0.2, 0.25) is 0 Å². The molecule has 4 nitrogen and oxygen atoms in total. The molecule has 4 heteroatoms. The van der Waals surface area contributed by atoms with Gasteiger partial charge in [-0.2, -0.15) is 5.26 Å². The van der Waals surface area contributed by atoms with E-state index >= 15 is 0 Å². The van der Waals surface area contributed by atoms with Gasteiger partial charge in [-0.25, -0.2) is 0 Å². The number of benzene rings is 1. The summed E-state index contributed by atoms with van der Waals surface area (Å²) in [5.74, 6) is -0.231. The SMILES string of the molecule is CCOC(=O)Cn1c(C)cc(-c2ccc(C#N)cc2)c1C. The molecular formula is C17H18N2O2. The summed E-state index contributed by atoms with van der Waals surface area (Å²) in [7, 11) is 0. The first-order chi connectivity index (χ1) is 10.1. The van der Waals surface area contributed by atoms with Gasteiger partial charge in [-0.05, 0) is 44.5 Å². The standard InChI is InChI=1S/C17H18N2O2/c1-4-21-17(20)11-19-12(2)9-16(13(19)3)15-7-5-14(10-18)6-8-15/h5-9H,4,11H2,1-3H3. The fourth-order valence-electron chi connectivity index (χ4n) is 2.40. The Morgan fingerprint density at radius 2 is 1.95 bits per heavy atom. The van der Waals surface area contributed by atoms with E-state index in [1.165, 1.54) is 0 Å². The second-order valence-electron chi connectivity index (χ2n) is 4.87. The van der Waals surface area contributed by atoms with Crippen LogP contribution in [0.15, 0.2) is 30.3 Å². The number of ether oxygens (including phenoxy) is 1. The van der Waals surface area contributed by atoms with Gasteiger partial charge in [0.25, 0.3) is 0 Å². The molecule has 0 N–H and O–H groups in total. The second-order valence-corrected chi connectivity index (χ2v) is 4.87. The lowest BCUT2D eigenvalue weighted by molar-refractivity contribution is -0.143. The molecule has 1 aromatic carbocycles. The zero-order valence-corrected chi connectivity index (χ0v) is 12.5. The van der Waals surface area contributed by atoms with E-state index in [0.29, 0.717) is 12.2 Å². The Kier molecular flexibility index (Phi) is 4.44. The molecular weight excluding hydrogens is 264 g/mol. The highest BCUT2D eigenvalue weighted by molar-refractivity contribution is 5.72. The van der Waals surface area contributed by atoms with Crippen LogP contribution < -0.4 is 0 Å².